The lowest BCUT2D eigenvalue weighted by molar-refractivity contribution is -0.143. The van der Waals surface area contributed by atoms with E-state index in [4.69, 9.17) is 4.74 Å². The molecule has 4 nitrogen and oxygen atoms in total. The molecule has 0 aromatic heterocycles. The number of carbonyl (C=O) groups is 1. The van der Waals surface area contributed by atoms with Gasteiger partial charge in [-0.15, -0.1) is 0 Å². The number of esters is 1. The van der Waals surface area contributed by atoms with Crippen LogP contribution in [0.3, 0.4) is 0 Å². The average Bonchev–Trinajstić information content (AvgIpc) is 2.44. The van der Waals surface area contributed by atoms with Crippen LogP contribution in [0.15, 0.2) is 24.3 Å². The van der Waals surface area contributed by atoms with Gasteiger partial charge in [-0.05, 0) is 31.9 Å². The maximum absolute atomic E-state index is 11.1. The number of nitrogens with one attached hydrogen (secondary N) is 1. The van der Waals surface area contributed by atoms with Crippen molar-refractivity contribution in [3.63, 3.8) is 0 Å². The first-order valence-electron chi connectivity index (χ1n) is 7.41. The van der Waals surface area contributed by atoms with Crippen LogP contribution >= 0.6 is 0 Å². The molecule has 0 spiro atoms. The van der Waals surface area contributed by atoms with Crippen LogP contribution in [0.1, 0.15) is 45.4 Å². The SMILES string of the molecule is CCOC(=O)CCCCCCCNc1ccccc1O. The zero-order chi connectivity index (χ0) is 14.6. The van der Waals surface area contributed by atoms with Crippen LogP contribution < -0.4 is 5.32 Å². The monoisotopic (exact) mass is 279 g/mol. The van der Waals surface area contributed by atoms with Crippen LogP contribution in [0.2, 0.25) is 0 Å². The van der Waals surface area contributed by atoms with Gasteiger partial charge < -0.3 is 15.2 Å². The number of para-hydroxylation sites is 2. The summed E-state index contributed by atoms with van der Waals surface area (Å²) in [4.78, 5) is 11.1. The number of phenolic OH excluding ortho intramolecular Hbond substituents is 1. The Morgan fingerprint density at radius 2 is 1.85 bits per heavy atom. The van der Waals surface area contributed by atoms with Gasteiger partial charge in [0, 0.05) is 13.0 Å². The Kier molecular flexibility index (Phi) is 8.27. The molecule has 0 aliphatic heterocycles. The first kappa shape index (κ1) is 16.3. The fourth-order valence-corrected chi connectivity index (χ4v) is 2.00. The van der Waals surface area contributed by atoms with E-state index in [-0.39, 0.29) is 5.97 Å². The van der Waals surface area contributed by atoms with Crippen LogP contribution in [0.25, 0.3) is 0 Å². The minimum Gasteiger partial charge on any atom is -0.506 e. The Morgan fingerprint density at radius 1 is 1.15 bits per heavy atom. The highest BCUT2D eigenvalue weighted by molar-refractivity contribution is 5.69. The second-order valence-corrected chi connectivity index (χ2v) is 4.77. The molecule has 1 rings (SSSR count). The number of hydrogen-bond donors (Lipinski definition) is 2. The highest BCUT2D eigenvalue weighted by atomic mass is 16.5. The highest BCUT2D eigenvalue weighted by Gasteiger charge is 2.01. The van der Waals surface area contributed by atoms with Crippen molar-refractivity contribution in [2.75, 3.05) is 18.5 Å². The highest BCUT2D eigenvalue weighted by Crippen LogP contribution is 2.21. The van der Waals surface area contributed by atoms with Crippen LogP contribution in [0.4, 0.5) is 5.69 Å². The topological polar surface area (TPSA) is 58.6 Å². The summed E-state index contributed by atoms with van der Waals surface area (Å²) < 4.78 is 4.87. The second-order valence-electron chi connectivity index (χ2n) is 4.77. The molecule has 1 aromatic carbocycles. The molecule has 112 valence electrons. The van der Waals surface area contributed by atoms with Crippen LogP contribution in [-0.2, 0) is 9.53 Å². The number of aromatic hydroxyl groups is 1. The van der Waals surface area contributed by atoms with Crippen LogP contribution in [0.5, 0.6) is 5.75 Å². The average molecular weight is 279 g/mol. The Morgan fingerprint density at radius 3 is 2.60 bits per heavy atom. The first-order chi connectivity index (χ1) is 9.74. The molecule has 1 aromatic rings. The quantitative estimate of drug-likeness (QED) is 0.389. The summed E-state index contributed by atoms with van der Waals surface area (Å²) in [6.45, 7) is 3.15. The van der Waals surface area contributed by atoms with Gasteiger partial charge in [0.1, 0.15) is 5.75 Å². The van der Waals surface area contributed by atoms with E-state index in [1.807, 2.05) is 25.1 Å². The van der Waals surface area contributed by atoms with Crippen molar-refractivity contribution in [1.82, 2.24) is 0 Å². The minimum absolute atomic E-state index is 0.0891. The Hall–Kier alpha value is -1.71. The minimum atomic E-state index is -0.0891. The van der Waals surface area contributed by atoms with Gasteiger partial charge in [0.15, 0.2) is 0 Å². The molecule has 0 heterocycles. The molecule has 0 aliphatic carbocycles. The standard InChI is InChI=1S/C16H25NO3/c1-2-20-16(19)12-6-4-3-5-9-13-17-14-10-7-8-11-15(14)18/h7-8,10-11,17-18H,2-6,9,12-13H2,1H3. The number of phenols is 1. The third-order valence-corrected chi connectivity index (χ3v) is 3.08. The summed E-state index contributed by atoms with van der Waals surface area (Å²) >= 11 is 0. The lowest BCUT2D eigenvalue weighted by atomic mass is 10.1. The molecule has 0 saturated carbocycles. The molecule has 0 unspecified atom stereocenters. The molecular weight excluding hydrogens is 254 g/mol. The molecule has 2 N–H and O–H groups in total. The number of unbranched alkanes of at least 4 members (excludes halogenated alkanes) is 4. The molecule has 20 heavy (non-hydrogen) atoms. The molecule has 0 amide bonds. The summed E-state index contributed by atoms with van der Waals surface area (Å²) in [5.41, 5.74) is 0.787. The van der Waals surface area contributed by atoms with Crippen molar-refractivity contribution in [2.45, 2.75) is 45.4 Å². The van der Waals surface area contributed by atoms with Crippen molar-refractivity contribution in [2.24, 2.45) is 0 Å². The van der Waals surface area contributed by atoms with Crippen molar-refractivity contribution in [3.8, 4) is 5.75 Å². The second kappa shape index (κ2) is 10.1. The van der Waals surface area contributed by atoms with E-state index in [0.29, 0.717) is 18.8 Å². The van der Waals surface area contributed by atoms with Gasteiger partial charge in [0.2, 0.25) is 0 Å². The number of rotatable bonds is 10. The molecule has 0 radical (unpaired) electrons. The Bertz CT molecular complexity index is 393. The van der Waals surface area contributed by atoms with E-state index in [0.717, 1.165) is 44.3 Å². The molecule has 0 saturated heterocycles. The molecule has 4 heteroatoms. The molecular formula is C16H25NO3. The lowest BCUT2D eigenvalue weighted by Gasteiger charge is -2.07. The molecule has 0 fully saturated rings. The fraction of sp³-hybridized carbons (Fsp3) is 0.562. The van der Waals surface area contributed by atoms with Gasteiger partial charge in [0.05, 0.1) is 12.3 Å². The maximum atomic E-state index is 11.1. The van der Waals surface area contributed by atoms with E-state index < -0.39 is 0 Å². The smallest absolute Gasteiger partial charge is 0.305 e. The van der Waals surface area contributed by atoms with Crippen LogP contribution in [0, 0.1) is 0 Å². The van der Waals surface area contributed by atoms with Crippen molar-refractivity contribution < 1.29 is 14.6 Å². The first-order valence-corrected chi connectivity index (χ1v) is 7.41. The largest absolute Gasteiger partial charge is 0.506 e. The number of anilines is 1. The van der Waals surface area contributed by atoms with Gasteiger partial charge in [-0.25, -0.2) is 0 Å². The van der Waals surface area contributed by atoms with Gasteiger partial charge in [-0.2, -0.15) is 0 Å². The zero-order valence-electron chi connectivity index (χ0n) is 12.2. The lowest BCUT2D eigenvalue weighted by Crippen LogP contribution is -2.03. The predicted molar refractivity (Wildman–Crippen MR) is 80.9 cm³/mol. The van der Waals surface area contributed by atoms with Crippen molar-refractivity contribution >= 4 is 11.7 Å². The fourth-order valence-electron chi connectivity index (χ4n) is 2.00. The predicted octanol–water partition coefficient (Wildman–Crippen LogP) is 3.71. The third-order valence-electron chi connectivity index (χ3n) is 3.08. The summed E-state index contributed by atoms with van der Waals surface area (Å²) in [6, 6.07) is 7.26. The van der Waals surface area contributed by atoms with Gasteiger partial charge in [0.25, 0.3) is 0 Å². The number of hydrogen-bond acceptors (Lipinski definition) is 4. The Labute approximate surface area is 121 Å². The number of ether oxygens (including phenoxy) is 1. The van der Waals surface area contributed by atoms with E-state index in [9.17, 15) is 9.90 Å². The molecule has 0 aliphatic rings. The zero-order valence-corrected chi connectivity index (χ0v) is 12.2. The number of carbonyl (C=O) groups excluding carboxylic acids is 1. The Balaban J connectivity index is 1.95. The normalized spacial score (nSPS) is 10.2. The van der Waals surface area contributed by atoms with E-state index in [1.165, 1.54) is 0 Å². The molecule has 0 atom stereocenters. The summed E-state index contributed by atoms with van der Waals surface area (Å²) in [7, 11) is 0. The van der Waals surface area contributed by atoms with Gasteiger partial charge in [-0.3, -0.25) is 4.79 Å². The van der Waals surface area contributed by atoms with Crippen molar-refractivity contribution in [1.29, 1.82) is 0 Å². The number of benzene rings is 1. The van der Waals surface area contributed by atoms with Gasteiger partial charge in [-0.1, -0.05) is 31.4 Å². The summed E-state index contributed by atoms with van der Waals surface area (Å²) in [6.07, 6.45) is 5.82. The van der Waals surface area contributed by atoms with E-state index >= 15 is 0 Å². The van der Waals surface area contributed by atoms with E-state index in [1.54, 1.807) is 6.07 Å². The van der Waals surface area contributed by atoms with Crippen molar-refractivity contribution in [3.05, 3.63) is 24.3 Å². The summed E-state index contributed by atoms with van der Waals surface area (Å²) in [5, 5.41) is 12.8. The van der Waals surface area contributed by atoms with Gasteiger partial charge >= 0.3 is 5.97 Å². The summed E-state index contributed by atoms with van der Waals surface area (Å²) in [5.74, 6) is 0.204. The third kappa shape index (κ3) is 7.02. The maximum Gasteiger partial charge on any atom is 0.305 e. The van der Waals surface area contributed by atoms with Crippen LogP contribution in [-0.4, -0.2) is 24.2 Å². The van der Waals surface area contributed by atoms with E-state index in [2.05, 4.69) is 5.32 Å². The molecule has 0 bridgehead atoms.